The largest absolute Gasteiger partial charge is 0.391 e. The van der Waals surface area contributed by atoms with E-state index in [4.69, 9.17) is 0 Å². The van der Waals surface area contributed by atoms with Crippen LogP contribution in [-0.2, 0) is 11.2 Å². The Balaban J connectivity index is 1.87. The number of carbonyl (C=O) groups excluding carboxylic acids is 1. The van der Waals surface area contributed by atoms with Crippen molar-refractivity contribution in [3.63, 3.8) is 0 Å². The lowest BCUT2D eigenvalue weighted by molar-refractivity contribution is -0.124. The summed E-state index contributed by atoms with van der Waals surface area (Å²) in [6.07, 6.45) is 2.02. The molecule has 2 rings (SSSR count). The highest BCUT2D eigenvalue weighted by Crippen LogP contribution is 2.37. The molecule has 1 fully saturated rings. The second kappa shape index (κ2) is 6.64. The van der Waals surface area contributed by atoms with Crippen LogP contribution in [0.3, 0.4) is 0 Å². The van der Waals surface area contributed by atoms with Crippen molar-refractivity contribution >= 4 is 17.7 Å². The Bertz CT molecular complexity index is 443. The normalized spacial score (nSPS) is 25.1. The van der Waals surface area contributed by atoms with Gasteiger partial charge in [-0.3, -0.25) is 4.79 Å². The number of rotatable bonds is 5. The maximum absolute atomic E-state index is 12.3. The zero-order valence-corrected chi connectivity index (χ0v) is 13.0. The van der Waals surface area contributed by atoms with Crippen LogP contribution >= 0.6 is 11.8 Å². The van der Waals surface area contributed by atoms with E-state index in [9.17, 15) is 9.90 Å². The summed E-state index contributed by atoms with van der Waals surface area (Å²) in [5, 5.41) is 13.2. The van der Waals surface area contributed by atoms with Gasteiger partial charge in [-0.25, -0.2) is 0 Å². The van der Waals surface area contributed by atoms with Crippen LogP contribution in [0.2, 0.25) is 0 Å². The molecule has 0 bridgehead atoms. The van der Waals surface area contributed by atoms with E-state index in [1.54, 1.807) is 11.8 Å². The summed E-state index contributed by atoms with van der Waals surface area (Å²) in [6, 6.07) is 9.63. The molecule has 0 spiro atoms. The van der Waals surface area contributed by atoms with Gasteiger partial charge in [-0.2, -0.15) is 0 Å². The van der Waals surface area contributed by atoms with Crippen LogP contribution in [0, 0.1) is 0 Å². The predicted octanol–water partition coefficient (Wildman–Crippen LogP) is 2.38. The van der Waals surface area contributed by atoms with Crippen LogP contribution in [0.15, 0.2) is 30.3 Å². The maximum Gasteiger partial charge on any atom is 0.236 e. The van der Waals surface area contributed by atoms with Crippen molar-refractivity contribution in [1.82, 2.24) is 5.32 Å². The third kappa shape index (κ3) is 3.76. The van der Waals surface area contributed by atoms with Crippen molar-refractivity contribution in [1.29, 1.82) is 0 Å². The second-order valence-corrected chi connectivity index (χ2v) is 7.30. The molecule has 0 saturated carbocycles. The van der Waals surface area contributed by atoms with E-state index in [2.05, 4.69) is 5.32 Å². The van der Waals surface area contributed by atoms with Gasteiger partial charge in [0, 0.05) is 6.42 Å². The minimum atomic E-state index is -0.559. The molecule has 1 aliphatic rings. The van der Waals surface area contributed by atoms with E-state index in [1.807, 2.05) is 44.2 Å². The Kier molecular flexibility index (Phi) is 5.11. The van der Waals surface area contributed by atoms with Crippen LogP contribution < -0.4 is 5.32 Å². The Morgan fingerprint density at radius 1 is 1.45 bits per heavy atom. The minimum absolute atomic E-state index is 0.0552. The standard InChI is InChI=1S/C16H23NO2S/c1-12(14(18)11-13-7-4-3-5-8-13)17-15(19)16(2)9-6-10-20-16/h3-5,7-8,12,14,18H,6,9-11H2,1-2H3,(H,17,19). The second-order valence-electron chi connectivity index (χ2n) is 5.70. The highest BCUT2D eigenvalue weighted by molar-refractivity contribution is 8.01. The number of aliphatic hydroxyl groups excluding tert-OH is 1. The fourth-order valence-electron chi connectivity index (χ4n) is 2.45. The lowest BCUT2D eigenvalue weighted by atomic mass is 10.0. The lowest BCUT2D eigenvalue weighted by Crippen LogP contribution is -2.49. The van der Waals surface area contributed by atoms with Crippen molar-refractivity contribution in [3.05, 3.63) is 35.9 Å². The fraction of sp³-hybridized carbons (Fsp3) is 0.562. The third-order valence-electron chi connectivity index (χ3n) is 3.92. The maximum atomic E-state index is 12.3. The molecule has 0 aliphatic carbocycles. The molecule has 3 atom stereocenters. The number of carbonyl (C=O) groups is 1. The van der Waals surface area contributed by atoms with Crippen LogP contribution in [-0.4, -0.2) is 33.7 Å². The molecule has 20 heavy (non-hydrogen) atoms. The van der Waals surface area contributed by atoms with E-state index >= 15 is 0 Å². The molecule has 1 saturated heterocycles. The monoisotopic (exact) mass is 293 g/mol. The molecule has 1 heterocycles. The van der Waals surface area contributed by atoms with Crippen LogP contribution in [0.5, 0.6) is 0 Å². The Morgan fingerprint density at radius 2 is 2.15 bits per heavy atom. The van der Waals surface area contributed by atoms with Gasteiger partial charge in [0.15, 0.2) is 0 Å². The first kappa shape index (κ1) is 15.4. The smallest absolute Gasteiger partial charge is 0.236 e. The summed E-state index contributed by atoms with van der Waals surface area (Å²) in [7, 11) is 0. The van der Waals surface area contributed by atoms with Crippen molar-refractivity contribution in [2.24, 2.45) is 0 Å². The van der Waals surface area contributed by atoms with Gasteiger partial charge in [-0.15, -0.1) is 11.8 Å². The third-order valence-corrected chi connectivity index (χ3v) is 5.44. The molecule has 3 nitrogen and oxygen atoms in total. The molecule has 1 aromatic carbocycles. The van der Waals surface area contributed by atoms with E-state index < -0.39 is 6.10 Å². The van der Waals surface area contributed by atoms with Gasteiger partial charge < -0.3 is 10.4 Å². The quantitative estimate of drug-likeness (QED) is 0.876. The number of amides is 1. The summed E-state index contributed by atoms with van der Waals surface area (Å²) >= 11 is 1.72. The van der Waals surface area contributed by atoms with Crippen molar-refractivity contribution < 1.29 is 9.90 Å². The molecule has 1 amide bonds. The zero-order valence-electron chi connectivity index (χ0n) is 12.1. The first-order chi connectivity index (χ1) is 9.51. The molecule has 110 valence electrons. The molecule has 2 N–H and O–H groups in total. The number of benzene rings is 1. The van der Waals surface area contributed by atoms with E-state index in [0.717, 1.165) is 24.2 Å². The van der Waals surface area contributed by atoms with Crippen LogP contribution in [0.25, 0.3) is 0 Å². The van der Waals surface area contributed by atoms with Crippen LogP contribution in [0.1, 0.15) is 32.3 Å². The number of hydrogen-bond donors (Lipinski definition) is 2. The molecule has 1 aromatic rings. The number of thioether (sulfide) groups is 1. The van der Waals surface area contributed by atoms with Gasteiger partial charge in [0.2, 0.25) is 5.91 Å². The average molecular weight is 293 g/mol. The fourth-order valence-corrected chi connectivity index (χ4v) is 3.66. The highest BCUT2D eigenvalue weighted by atomic mass is 32.2. The molecular formula is C16H23NO2S. The zero-order chi connectivity index (χ0) is 14.6. The molecular weight excluding hydrogens is 270 g/mol. The lowest BCUT2D eigenvalue weighted by Gasteiger charge is -2.27. The molecule has 0 aromatic heterocycles. The van der Waals surface area contributed by atoms with Crippen LogP contribution in [0.4, 0.5) is 0 Å². The van der Waals surface area contributed by atoms with E-state index in [-0.39, 0.29) is 16.7 Å². The highest BCUT2D eigenvalue weighted by Gasteiger charge is 2.38. The topological polar surface area (TPSA) is 49.3 Å². The first-order valence-corrected chi connectivity index (χ1v) is 8.17. The van der Waals surface area contributed by atoms with Gasteiger partial charge >= 0.3 is 0 Å². The number of aliphatic hydroxyl groups is 1. The minimum Gasteiger partial charge on any atom is -0.391 e. The average Bonchev–Trinajstić information content (AvgIpc) is 2.88. The summed E-state index contributed by atoms with van der Waals surface area (Å²) in [4.78, 5) is 12.3. The van der Waals surface area contributed by atoms with Gasteiger partial charge in [0.25, 0.3) is 0 Å². The van der Waals surface area contributed by atoms with Gasteiger partial charge in [0.1, 0.15) is 0 Å². The van der Waals surface area contributed by atoms with Crippen molar-refractivity contribution in [2.45, 2.75) is 50.0 Å². The summed E-state index contributed by atoms with van der Waals surface area (Å²) < 4.78 is -0.319. The summed E-state index contributed by atoms with van der Waals surface area (Å²) in [5.74, 6) is 1.10. The Morgan fingerprint density at radius 3 is 2.75 bits per heavy atom. The van der Waals surface area contributed by atoms with E-state index in [1.165, 1.54) is 0 Å². The summed E-state index contributed by atoms with van der Waals surface area (Å²) in [6.45, 7) is 3.87. The Labute approximate surface area is 125 Å². The SMILES string of the molecule is CC(NC(=O)C1(C)CCCS1)C(O)Cc1ccccc1. The molecule has 3 unspecified atom stereocenters. The number of nitrogens with one attached hydrogen (secondary N) is 1. The molecule has 4 heteroatoms. The Hall–Kier alpha value is -1.00. The van der Waals surface area contributed by atoms with Crippen molar-refractivity contribution in [2.75, 3.05) is 5.75 Å². The van der Waals surface area contributed by atoms with Crippen molar-refractivity contribution in [3.8, 4) is 0 Å². The summed E-state index contributed by atoms with van der Waals surface area (Å²) in [5.41, 5.74) is 1.09. The van der Waals surface area contributed by atoms with Gasteiger partial charge in [-0.1, -0.05) is 30.3 Å². The van der Waals surface area contributed by atoms with E-state index in [0.29, 0.717) is 6.42 Å². The van der Waals surface area contributed by atoms with Gasteiger partial charge in [-0.05, 0) is 38.0 Å². The first-order valence-electron chi connectivity index (χ1n) is 7.18. The molecule has 0 radical (unpaired) electrons. The number of hydrogen-bond acceptors (Lipinski definition) is 3. The molecule has 1 aliphatic heterocycles. The van der Waals surface area contributed by atoms with Gasteiger partial charge in [0.05, 0.1) is 16.9 Å². The predicted molar refractivity (Wildman–Crippen MR) is 83.9 cm³/mol.